The molecule has 2 aromatic rings. The largest absolute Gasteiger partial charge is 0.477 e. The lowest BCUT2D eigenvalue weighted by molar-refractivity contribution is 0.0690. The summed E-state index contributed by atoms with van der Waals surface area (Å²) in [6.45, 7) is 4.55. The molecular formula is C14H18N4O3. The van der Waals surface area contributed by atoms with Crippen molar-refractivity contribution >= 4 is 11.9 Å². The lowest BCUT2D eigenvalue weighted by atomic mass is 10.1. The van der Waals surface area contributed by atoms with Gasteiger partial charge in [0, 0.05) is 31.2 Å². The van der Waals surface area contributed by atoms with Crippen molar-refractivity contribution in [2.45, 2.75) is 26.8 Å². The predicted molar refractivity (Wildman–Crippen MR) is 76.4 cm³/mol. The molecule has 0 bridgehead atoms. The van der Waals surface area contributed by atoms with Gasteiger partial charge in [-0.25, -0.2) is 4.79 Å². The summed E-state index contributed by atoms with van der Waals surface area (Å²) >= 11 is 0. The van der Waals surface area contributed by atoms with Gasteiger partial charge < -0.3 is 15.4 Å². The highest BCUT2D eigenvalue weighted by molar-refractivity contribution is 6.00. The Hall–Kier alpha value is -2.57. The molecular weight excluding hydrogens is 272 g/mol. The molecule has 7 nitrogen and oxygen atoms in total. The van der Waals surface area contributed by atoms with Gasteiger partial charge in [0.15, 0.2) is 0 Å². The van der Waals surface area contributed by atoms with Gasteiger partial charge in [0.2, 0.25) is 0 Å². The Morgan fingerprint density at radius 3 is 2.76 bits per heavy atom. The Morgan fingerprint density at radius 1 is 1.43 bits per heavy atom. The zero-order valence-corrected chi connectivity index (χ0v) is 12.0. The van der Waals surface area contributed by atoms with Crippen LogP contribution in [0, 0.1) is 13.8 Å². The number of nitrogens with zero attached hydrogens (tertiary/aromatic N) is 2. The van der Waals surface area contributed by atoms with Crippen LogP contribution in [0.2, 0.25) is 0 Å². The van der Waals surface area contributed by atoms with Crippen molar-refractivity contribution in [3.8, 4) is 0 Å². The fraction of sp³-hybridized carbons (Fsp3) is 0.357. The fourth-order valence-corrected chi connectivity index (χ4v) is 2.27. The second kappa shape index (κ2) is 6.25. The number of nitrogens with one attached hydrogen (secondary N) is 2. The van der Waals surface area contributed by atoms with E-state index in [2.05, 4.69) is 15.4 Å². The molecule has 0 radical (unpaired) electrons. The van der Waals surface area contributed by atoms with Gasteiger partial charge in [0.25, 0.3) is 5.91 Å². The Labute approximate surface area is 122 Å². The van der Waals surface area contributed by atoms with Crippen LogP contribution in [0.25, 0.3) is 0 Å². The lowest BCUT2D eigenvalue weighted by Gasteiger charge is -2.06. The number of aromatic amines is 1. The van der Waals surface area contributed by atoms with E-state index in [0.717, 1.165) is 13.0 Å². The van der Waals surface area contributed by atoms with Crippen LogP contribution >= 0.6 is 0 Å². The Kier molecular flexibility index (Phi) is 4.42. The lowest BCUT2D eigenvalue weighted by Crippen LogP contribution is -2.26. The van der Waals surface area contributed by atoms with Crippen LogP contribution in [-0.2, 0) is 6.54 Å². The number of amides is 1. The molecule has 7 heteroatoms. The number of aromatic nitrogens is 3. The quantitative estimate of drug-likeness (QED) is 0.699. The van der Waals surface area contributed by atoms with Crippen molar-refractivity contribution in [2.24, 2.45) is 0 Å². The van der Waals surface area contributed by atoms with Gasteiger partial charge >= 0.3 is 5.97 Å². The van der Waals surface area contributed by atoms with Gasteiger partial charge in [-0.15, -0.1) is 0 Å². The third-order valence-corrected chi connectivity index (χ3v) is 3.29. The average Bonchev–Trinajstić information content (AvgIpc) is 3.03. The molecule has 0 atom stereocenters. The summed E-state index contributed by atoms with van der Waals surface area (Å²) in [7, 11) is 0. The van der Waals surface area contributed by atoms with Crippen molar-refractivity contribution in [2.75, 3.05) is 6.54 Å². The number of aryl methyl sites for hydroxylation is 2. The van der Waals surface area contributed by atoms with Crippen molar-refractivity contribution in [1.82, 2.24) is 20.1 Å². The average molecular weight is 290 g/mol. The van der Waals surface area contributed by atoms with Crippen LogP contribution in [0.15, 0.2) is 18.5 Å². The number of rotatable bonds is 6. The summed E-state index contributed by atoms with van der Waals surface area (Å²) < 4.78 is 1.79. The van der Waals surface area contributed by atoms with Gasteiger partial charge in [0.1, 0.15) is 5.69 Å². The third-order valence-electron chi connectivity index (χ3n) is 3.29. The van der Waals surface area contributed by atoms with E-state index in [1.807, 2.05) is 12.3 Å². The SMILES string of the molecule is Cc1[nH]c(C(=O)O)c(C)c1C(=O)NCCCn1cccn1. The van der Waals surface area contributed by atoms with Crippen LogP contribution < -0.4 is 5.32 Å². The zero-order valence-electron chi connectivity index (χ0n) is 12.0. The molecule has 2 heterocycles. The number of hydrogen-bond donors (Lipinski definition) is 3. The van der Waals surface area contributed by atoms with E-state index in [1.165, 1.54) is 0 Å². The minimum absolute atomic E-state index is 0.0641. The molecule has 0 aliphatic carbocycles. The highest BCUT2D eigenvalue weighted by atomic mass is 16.4. The van der Waals surface area contributed by atoms with E-state index in [4.69, 9.17) is 5.11 Å². The van der Waals surface area contributed by atoms with Crippen LogP contribution in [-0.4, -0.2) is 38.3 Å². The van der Waals surface area contributed by atoms with Gasteiger partial charge in [-0.05, 0) is 31.9 Å². The van der Waals surface area contributed by atoms with Crippen LogP contribution in [0.5, 0.6) is 0 Å². The highest BCUT2D eigenvalue weighted by Gasteiger charge is 2.21. The Morgan fingerprint density at radius 2 is 2.19 bits per heavy atom. The van der Waals surface area contributed by atoms with Crippen molar-refractivity contribution in [3.05, 3.63) is 41.0 Å². The number of hydrogen-bond acceptors (Lipinski definition) is 3. The van der Waals surface area contributed by atoms with Crippen molar-refractivity contribution < 1.29 is 14.7 Å². The second-order valence-electron chi connectivity index (χ2n) is 4.81. The standard InChI is InChI=1S/C14H18N4O3/c1-9-11(10(2)17-12(9)14(20)21)13(19)15-5-3-7-18-8-4-6-16-18/h4,6,8,17H,3,5,7H2,1-2H3,(H,15,19)(H,20,21). The van der Waals surface area contributed by atoms with E-state index in [1.54, 1.807) is 24.7 Å². The summed E-state index contributed by atoms with van der Waals surface area (Å²) in [5.74, 6) is -1.32. The smallest absolute Gasteiger partial charge is 0.352 e. The molecule has 112 valence electrons. The topological polar surface area (TPSA) is 100 Å². The summed E-state index contributed by atoms with van der Waals surface area (Å²) in [5.41, 5.74) is 1.50. The molecule has 0 saturated carbocycles. The van der Waals surface area contributed by atoms with E-state index in [-0.39, 0.29) is 11.6 Å². The van der Waals surface area contributed by atoms with E-state index < -0.39 is 5.97 Å². The maximum absolute atomic E-state index is 12.1. The normalized spacial score (nSPS) is 10.6. The summed E-state index contributed by atoms with van der Waals surface area (Å²) in [4.78, 5) is 25.9. The van der Waals surface area contributed by atoms with E-state index in [0.29, 0.717) is 23.4 Å². The first-order valence-corrected chi connectivity index (χ1v) is 6.68. The summed E-state index contributed by atoms with van der Waals surface area (Å²) in [6.07, 6.45) is 4.32. The first kappa shape index (κ1) is 14.8. The maximum Gasteiger partial charge on any atom is 0.352 e. The molecule has 0 spiro atoms. The second-order valence-corrected chi connectivity index (χ2v) is 4.81. The number of H-pyrrole nitrogens is 1. The molecule has 2 rings (SSSR count). The number of carboxylic acid groups (broad SMARTS) is 1. The molecule has 0 unspecified atom stereocenters. The van der Waals surface area contributed by atoms with E-state index in [9.17, 15) is 9.59 Å². The summed E-state index contributed by atoms with van der Waals surface area (Å²) in [6, 6.07) is 1.85. The Balaban J connectivity index is 1.93. The van der Waals surface area contributed by atoms with Gasteiger partial charge in [-0.2, -0.15) is 5.10 Å². The molecule has 3 N–H and O–H groups in total. The molecule has 2 aromatic heterocycles. The minimum atomic E-state index is -1.06. The van der Waals surface area contributed by atoms with E-state index >= 15 is 0 Å². The van der Waals surface area contributed by atoms with Crippen LogP contribution in [0.4, 0.5) is 0 Å². The minimum Gasteiger partial charge on any atom is -0.477 e. The van der Waals surface area contributed by atoms with Crippen molar-refractivity contribution in [1.29, 1.82) is 0 Å². The molecule has 0 aromatic carbocycles. The zero-order chi connectivity index (χ0) is 15.4. The van der Waals surface area contributed by atoms with Crippen LogP contribution in [0.1, 0.15) is 38.5 Å². The number of carbonyl (C=O) groups excluding carboxylic acids is 1. The molecule has 0 aliphatic rings. The van der Waals surface area contributed by atoms with Crippen LogP contribution in [0.3, 0.4) is 0 Å². The molecule has 21 heavy (non-hydrogen) atoms. The molecule has 0 saturated heterocycles. The molecule has 1 amide bonds. The highest BCUT2D eigenvalue weighted by Crippen LogP contribution is 2.17. The molecule has 0 aliphatic heterocycles. The fourth-order valence-electron chi connectivity index (χ4n) is 2.27. The van der Waals surface area contributed by atoms with Gasteiger partial charge in [-0.1, -0.05) is 0 Å². The predicted octanol–water partition coefficient (Wildman–Crippen LogP) is 1.35. The molecule has 0 fully saturated rings. The van der Waals surface area contributed by atoms with Crippen molar-refractivity contribution in [3.63, 3.8) is 0 Å². The number of carbonyl (C=O) groups is 2. The number of aromatic carboxylic acids is 1. The van der Waals surface area contributed by atoms with Gasteiger partial charge in [0.05, 0.1) is 5.56 Å². The third kappa shape index (κ3) is 3.31. The number of carboxylic acids is 1. The first-order valence-electron chi connectivity index (χ1n) is 6.68. The monoisotopic (exact) mass is 290 g/mol. The first-order chi connectivity index (χ1) is 10.0. The van der Waals surface area contributed by atoms with Gasteiger partial charge in [-0.3, -0.25) is 9.48 Å². The Bertz CT molecular complexity index is 643. The maximum atomic E-state index is 12.1. The summed E-state index contributed by atoms with van der Waals surface area (Å²) in [5, 5.41) is 15.9.